The van der Waals surface area contributed by atoms with Crippen LogP contribution in [0.4, 0.5) is 10.1 Å². The molecule has 0 heterocycles. The average molecular weight is 357 g/mol. The largest absolute Gasteiger partial charge is 0.508 e. The number of rotatable bonds is 2. The lowest BCUT2D eigenvalue weighted by Crippen LogP contribution is -2.13. The van der Waals surface area contributed by atoms with Crippen LogP contribution < -0.4 is 5.32 Å². The first-order valence-electron chi connectivity index (χ1n) is 5.12. The van der Waals surface area contributed by atoms with Gasteiger partial charge in [0.05, 0.1) is 5.56 Å². The van der Waals surface area contributed by atoms with Gasteiger partial charge >= 0.3 is 0 Å². The van der Waals surface area contributed by atoms with Crippen LogP contribution in [0.5, 0.6) is 5.75 Å². The van der Waals surface area contributed by atoms with Crippen LogP contribution in [0, 0.1) is 9.39 Å². The lowest BCUT2D eigenvalue weighted by molar-refractivity contribution is 0.102. The van der Waals surface area contributed by atoms with E-state index in [9.17, 15) is 9.18 Å². The Morgan fingerprint density at radius 1 is 1.17 bits per heavy atom. The Hall–Kier alpha value is -1.63. The van der Waals surface area contributed by atoms with Gasteiger partial charge in [0.1, 0.15) is 11.6 Å². The molecule has 0 bridgehead atoms. The molecule has 5 heteroatoms. The Balaban J connectivity index is 2.19. The van der Waals surface area contributed by atoms with Gasteiger partial charge in [0, 0.05) is 15.3 Å². The highest BCUT2D eigenvalue weighted by Gasteiger charge is 2.12. The maximum absolute atomic E-state index is 13.4. The summed E-state index contributed by atoms with van der Waals surface area (Å²) in [6.07, 6.45) is 0. The van der Waals surface area contributed by atoms with Crippen LogP contribution in [0.1, 0.15) is 10.4 Å². The van der Waals surface area contributed by atoms with Crippen molar-refractivity contribution >= 4 is 34.2 Å². The molecule has 0 atom stereocenters. The number of carbonyl (C=O) groups excluding carboxylic acids is 1. The number of aromatic hydroxyl groups is 1. The first-order valence-corrected chi connectivity index (χ1v) is 6.19. The number of hydrogen-bond donors (Lipinski definition) is 2. The minimum atomic E-state index is -0.752. The summed E-state index contributed by atoms with van der Waals surface area (Å²) in [4.78, 5) is 11.8. The normalized spacial score (nSPS) is 10.1. The summed E-state index contributed by atoms with van der Waals surface area (Å²) < 4.78 is 14.5. The predicted octanol–water partition coefficient (Wildman–Crippen LogP) is 3.39. The third-order valence-corrected chi connectivity index (χ3v) is 3.02. The highest BCUT2D eigenvalue weighted by Crippen LogP contribution is 2.17. The highest BCUT2D eigenvalue weighted by molar-refractivity contribution is 14.1. The first-order chi connectivity index (χ1) is 8.56. The summed E-state index contributed by atoms with van der Waals surface area (Å²) in [5.41, 5.74) is 0.485. The molecule has 2 N–H and O–H groups in total. The Morgan fingerprint density at radius 2 is 1.83 bits per heavy atom. The SMILES string of the molecule is O=C(Nc1ccc(I)cc1)c1ccc(O)cc1F. The van der Waals surface area contributed by atoms with Gasteiger partial charge in [0.15, 0.2) is 0 Å². The number of benzene rings is 2. The molecule has 0 aliphatic carbocycles. The zero-order chi connectivity index (χ0) is 13.1. The van der Waals surface area contributed by atoms with Crippen LogP contribution in [0.3, 0.4) is 0 Å². The quantitative estimate of drug-likeness (QED) is 0.810. The molecule has 92 valence electrons. The minimum Gasteiger partial charge on any atom is -0.508 e. The molecule has 0 aromatic heterocycles. The van der Waals surface area contributed by atoms with E-state index in [0.29, 0.717) is 5.69 Å². The van der Waals surface area contributed by atoms with Gasteiger partial charge in [-0.3, -0.25) is 4.79 Å². The van der Waals surface area contributed by atoms with E-state index in [1.807, 2.05) is 12.1 Å². The lowest BCUT2D eigenvalue weighted by Gasteiger charge is -2.06. The predicted molar refractivity (Wildman–Crippen MR) is 75.2 cm³/mol. The molecule has 0 saturated carbocycles. The number of nitrogens with one attached hydrogen (secondary N) is 1. The highest BCUT2D eigenvalue weighted by atomic mass is 127. The summed E-state index contributed by atoms with van der Waals surface area (Å²) in [5, 5.41) is 11.6. The van der Waals surface area contributed by atoms with E-state index >= 15 is 0 Å². The molecular formula is C13H9FINO2. The van der Waals surface area contributed by atoms with Crippen LogP contribution >= 0.6 is 22.6 Å². The van der Waals surface area contributed by atoms with Crippen molar-refractivity contribution in [2.24, 2.45) is 0 Å². The standard InChI is InChI=1S/C13H9FINO2/c14-12-7-10(17)5-6-11(12)13(18)16-9-3-1-8(15)2-4-9/h1-7,17H,(H,16,18). The topological polar surface area (TPSA) is 49.3 Å². The van der Waals surface area contributed by atoms with E-state index in [4.69, 9.17) is 5.11 Å². The van der Waals surface area contributed by atoms with Crippen molar-refractivity contribution in [2.75, 3.05) is 5.32 Å². The van der Waals surface area contributed by atoms with Gasteiger partial charge in [-0.25, -0.2) is 4.39 Å². The summed E-state index contributed by atoms with van der Waals surface area (Å²) in [7, 11) is 0. The van der Waals surface area contributed by atoms with Gasteiger partial charge in [-0.2, -0.15) is 0 Å². The minimum absolute atomic E-state index is 0.105. The third kappa shape index (κ3) is 2.98. The number of phenols is 1. The second-order valence-corrected chi connectivity index (χ2v) is 4.87. The van der Waals surface area contributed by atoms with Crippen molar-refractivity contribution in [1.82, 2.24) is 0 Å². The number of phenolic OH excluding ortho intramolecular Hbond substituents is 1. The van der Waals surface area contributed by atoms with Crippen molar-refractivity contribution in [1.29, 1.82) is 0 Å². The molecule has 3 nitrogen and oxygen atoms in total. The molecule has 2 aromatic rings. The molecule has 0 radical (unpaired) electrons. The van der Waals surface area contributed by atoms with E-state index in [0.717, 1.165) is 9.64 Å². The van der Waals surface area contributed by atoms with Gasteiger partial charge in [0.2, 0.25) is 0 Å². The number of halogens is 2. The van der Waals surface area contributed by atoms with E-state index < -0.39 is 11.7 Å². The van der Waals surface area contributed by atoms with Crippen LogP contribution in [-0.4, -0.2) is 11.0 Å². The molecule has 1 amide bonds. The van der Waals surface area contributed by atoms with Crippen molar-refractivity contribution in [3.8, 4) is 5.75 Å². The van der Waals surface area contributed by atoms with E-state index in [1.54, 1.807) is 12.1 Å². The average Bonchev–Trinajstić information content (AvgIpc) is 2.32. The summed E-state index contributed by atoms with van der Waals surface area (Å²) in [6, 6.07) is 10.6. The Morgan fingerprint density at radius 3 is 2.44 bits per heavy atom. The molecular weight excluding hydrogens is 348 g/mol. The van der Waals surface area contributed by atoms with Crippen LogP contribution in [0.15, 0.2) is 42.5 Å². The van der Waals surface area contributed by atoms with Crippen molar-refractivity contribution < 1.29 is 14.3 Å². The van der Waals surface area contributed by atoms with Crippen molar-refractivity contribution in [3.05, 3.63) is 57.4 Å². The maximum Gasteiger partial charge on any atom is 0.258 e. The van der Waals surface area contributed by atoms with Gasteiger partial charge in [0.25, 0.3) is 5.91 Å². The second-order valence-electron chi connectivity index (χ2n) is 3.63. The molecule has 18 heavy (non-hydrogen) atoms. The van der Waals surface area contributed by atoms with E-state index in [2.05, 4.69) is 27.9 Å². The first kappa shape index (κ1) is 12.8. The molecule has 0 aliphatic heterocycles. The van der Waals surface area contributed by atoms with E-state index in [-0.39, 0.29) is 11.3 Å². The third-order valence-electron chi connectivity index (χ3n) is 2.30. The van der Waals surface area contributed by atoms with Gasteiger partial charge in [-0.05, 0) is 59.0 Å². The van der Waals surface area contributed by atoms with Gasteiger partial charge in [-0.15, -0.1) is 0 Å². The molecule has 0 aliphatic rings. The van der Waals surface area contributed by atoms with Crippen LogP contribution in [0.2, 0.25) is 0 Å². The Bertz CT molecular complexity index is 584. The van der Waals surface area contributed by atoms with Crippen molar-refractivity contribution in [3.63, 3.8) is 0 Å². The van der Waals surface area contributed by atoms with E-state index in [1.165, 1.54) is 12.1 Å². The molecule has 0 unspecified atom stereocenters. The zero-order valence-corrected chi connectivity index (χ0v) is 11.3. The van der Waals surface area contributed by atoms with Gasteiger partial charge < -0.3 is 10.4 Å². The summed E-state index contributed by atoms with van der Waals surface area (Å²) in [5.74, 6) is -1.51. The second kappa shape index (κ2) is 5.34. The summed E-state index contributed by atoms with van der Waals surface area (Å²) >= 11 is 2.15. The maximum atomic E-state index is 13.4. The molecule has 2 aromatic carbocycles. The fourth-order valence-electron chi connectivity index (χ4n) is 1.42. The molecule has 2 rings (SSSR count). The number of amides is 1. The van der Waals surface area contributed by atoms with Crippen LogP contribution in [-0.2, 0) is 0 Å². The Labute approximate surface area is 117 Å². The molecule has 0 saturated heterocycles. The molecule has 0 spiro atoms. The fourth-order valence-corrected chi connectivity index (χ4v) is 1.78. The van der Waals surface area contributed by atoms with Crippen LogP contribution in [0.25, 0.3) is 0 Å². The summed E-state index contributed by atoms with van der Waals surface area (Å²) in [6.45, 7) is 0. The smallest absolute Gasteiger partial charge is 0.258 e. The van der Waals surface area contributed by atoms with Crippen molar-refractivity contribution in [2.45, 2.75) is 0 Å². The molecule has 0 fully saturated rings. The number of anilines is 1. The number of hydrogen-bond acceptors (Lipinski definition) is 2. The lowest BCUT2D eigenvalue weighted by atomic mass is 10.2. The van der Waals surface area contributed by atoms with Gasteiger partial charge in [-0.1, -0.05) is 0 Å². The fraction of sp³-hybridized carbons (Fsp3) is 0. The zero-order valence-electron chi connectivity index (χ0n) is 9.15. The monoisotopic (exact) mass is 357 g/mol. The number of carbonyl (C=O) groups is 1. The Kier molecular flexibility index (Phi) is 3.81.